The molecule has 2 aromatic rings. The van der Waals surface area contributed by atoms with Crippen LogP contribution in [0.1, 0.15) is 40.8 Å². The van der Waals surface area contributed by atoms with E-state index < -0.39 is 5.97 Å². The van der Waals surface area contributed by atoms with Crippen LogP contribution in [0.4, 0.5) is 0 Å². The van der Waals surface area contributed by atoms with Crippen molar-refractivity contribution < 1.29 is 9.90 Å². The molecule has 0 saturated heterocycles. The van der Waals surface area contributed by atoms with Gasteiger partial charge in [0, 0.05) is 11.9 Å². The third kappa shape index (κ3) is 1.43. The van der Waals surface area contributed by atoms with Gasteiger partial charge >= 0.3 is 5.97 Å². The standard InChI is InChI=1S/C10H12N2O2S/c1-5(2)7-8(9(13)14)15-10-11-4-6(3)12(7)10/h4-5H,1-3H3,(H,13,14). The molecule has 0 fully saturated rings. The van der Waals surface area contributed by atoms with Crippen LogP contribution in [-0.4, -0.2) is 20.5 Å². The molecular formula is C10H12N2O2S. The number of aromatic carboxylic acids is 1. The second-order valence-corrected chi connectivity index (χ2v) is 4.77. The quantitative estimate of drug-likeness (QED) is 0.852. The van der Waals surface area contributed by atoms with Gasteiger partial charge in [0.1, 0.15) is 4.88 Å². The Morgan fingerprint density at radius 2 is 2.27 bits per heavy atom. The number of hydrogen-bond donors (Lipinski definition) is 1. The summed E-state index contributed by atoms with van der Waals surface area (Å²) in [4.78, 5) is 16.4. The van der Waals surface area contributed by atoms with Gasteiger partial charge < -0.3 is 5.11 Å². The molecule has 0 radical (unpaired) electrons. The molecule has 4 nitrogen and oxygen atoms in total. The molecule has 15 heavy (non-hydrogen) atoms. The SMILES string of the molecule is Cc1cnc2sc(C(=O)O)c(C(C)C)n12. The zero-order valence-electron chi connectivity index (χ0n) is 8.81. The van der Waals surface area contributed by atoms with Crippen LogP contribution < -0.4 is 0 Å². The highest BCUT2D eigenvalue weighted by Crippen LogP contribution is 2.29. The van der Waals surface area contributed by atoms with Crippen LogP contribution >= 0.6 is 11.3 Å². The maximum Gasteiger partial charge on any atom is 0.347 e. The maximum absolute atomic E-state index is 11.1. The predicted molar refractivity (Wildman–Crippen MR) is 58.9 cm³/mol. The summed E-state index contributed by atoms with van der Waals surface area (Å²) in [6, 6.07) is 0. The minimum Gasteiger partial charge on any atom is -0.477 e. The van der Waals surface area contributed by atoms with Crippen LogP contribution in [0, 0.1) is 6.92 Å². The lowest BCUT2D eigenvalue weighted by molar-refractivity contribution is 0.0700. The second kappa shape index (κ2) is 3.34. The van der Waals surface area contributed by atoms with Gasteiger partial charge in [0.15, 0.2) is 4.96 Å². The van der Waals surface area contributed by atoms with Gasteiger partial charge in [-0.1, -0.05) is 25.2 Å². The van der Waals surface area contributed by atoms with Gasteiger partial charge in [-0.3, -0.25) is 4.40 Å². The van der Waals surface area contributed by atoms with Crippen LogP contribution in [0.25, 0.3) is 4.96 Å². The van der Waals surface area contributed by atoms with E-state index in [2.05, 4.69) is 4.98 Å². The number of thiazole rings is 1. The van der Waals surface area contributed by atoms with Gasteiger partial charge in [0.25, 0.3) is 0 Å². The molecule has 0 amide bonds. The van der Waals surface area contributed by atoms with Crippen molar-refractivity contribution in [2.75, 3.05) is 0 Å². The lowest BCUT2D eigenvalue weighted by atomic mass is 10.1. The van der Waals surface area contributed by atoms with Crippen molar-refractivity contribution >= 4 is 22.3 Å². The minimum absolute atomic E-state index is 0.178. The van der Waals surface area contributed by atoms with Crippen molar-refractivity contribution in [3.05, 3.63) is 22.5 Å². The number of fused-ring (bicyclic) bond motifs is 1. The van der Waals surface area contributed by atoms with E-state index >= 15 is 0 Å². The van der Waals surface area contributed by atoms with E-state index in [9.17, 15) is 4.79 Å². The number of carbonyl (C=O) groups is 1. The molecule has 2 rings (SSSR count). The fourth-order valence-electron chi connectivity index (χ4n) is 1.70. The molecule has 0 atom stereocenters. The second-order valence-electron chi connectivity index (χ2n) is 3.79. The summed E-state index contributed by atoms with van der Waals surface area (Å²) < 4.78 is 1.93. The van der Waals surface area contributed by atoms with Gasteiger partial charge in [-0.2, -0.15) is 0 Å². The molecule has 0 aliphatic rings. The molecular weight excluding hydrogens is 212 g/mol. The van der Waals surface area contributed by atoms with Crippen LogP contribution in [0.5, 0.6) is 0 Å². The van der Waals surface area contributed by atoms with Crippen LogP contribution in [0.3, 0.4) is 0 Å². The molecule has 2 aromatic heterocycles. The lowest BCUT2D eigenvalue weighted by Gasteiger charge is -2.06. The first-order chi connectivity index (χ1) is 7.02. The summed E-state index contributed by atoms with van der Waals surface area (Å²) >= 11 is 1.23. The molecule has 0 aliphatic carbocycles. The summed E-state index contributed by atoms with van der Waals surface area (Å²) in [5.74, 6) is -0.689. The molecule has 5 heteroatoms. The van der Waals surface area contributed by atoms with E-state index in [4.69, 9.17) is 5.11 Å². The van der Waals surface area contributed by atoms with Crippen LogP contribution in [0.15, 0.2) is 6.20 Å². The molecule has 2 heterocycles. The van der Waals surface area contributed by atoms with E-state index in [1.165, 1.54) is 11.3 Å². The van der Waals surface area contributed by atoms with Crippen LogP contribution in [-0.2, 0) is 0 Å². The first-order valence-electron chi connectivity index (χ1n) is 4.72. The Labute approximate surface area is 91.2 Å². The third-order valence-electron chi connectivity index (χ3n) is 2.31. The van der Waals surface area contributed by atoms with Crippen molar-refractivity contribution in [3.8, 4) is 0 Å². The van der Waals surface area contributed by atoms with Crippen LogP contribution in [0.2, 0.25) is 0 Å². The fourth-order valence-corrected chi connectivity index (χ4v) is 2.84. The molecule has 0 saturated carbocycles. The third-order valence-corrected chi connectivity index (χ3v) is 3.37. The summed E-state index contributed by atoms with van der Waals surface area (Å²) in [7, 11) is 0. The number of aryl methyl sites for hydroxylation is 1. The molecule has 0 spiro atoms. The van der Waals surface area contributed by atoms with Crippen molar-refractivity contribution in [2.24, 2.45) is 0 Å². The Balaban J connectivity index is 2.82. The number of carboxylic acids is 1. The Bertz CT molecular complexity index is 525. The molecule has 1 N–H and O–H groups in total. The molecule has 0 bridgehead atoms. The summed E-state index contributed by atoms with van der Waals surface area (Å²) in [5, 5.41) is 9.09. The highest BCUT2D eigenvalue weighted by Gasteiger charge is 2.21. The summed E-state index contributed by atoms with van der Waals surface area (Å²) in [6.45, 7) is 5.92. The van der Waals surface area contributed by atoms with E-state index in [0.717, 1.165) is 16.3 Å². The Hall–Kier alpha value is -1.36. The average Bonchev–Trinajstić information content (AvgIpc) is 2.65. The molecule has 0 aliphatic heterocycles. The van der Waals surface area contributed by atoms with E-state index in [1.54, 1.807) is 6.20 Å². The largest absolute Gasteiger partial charge is 0.477 e. The number of imidazole rings is 1. The Morgan fingerprint density at radius 1 is 1.60 bits per heavy atom. The topological polar surface area (TPSA) is 54.6 Å². The predicted octanol–water partition coefficient (Wildman–Crippen LogP) is 2.53. The maximum atomic E-state index is 11.1. The normalized spacial score (nSPS) is 11.5. The number of aromatic nitrogens is 2. The van der Waals surface area contributed by atoms with Crippen molar-refractivity contribution in [2.45, 2.75) is 26.7 Å². The number of rotatable bonds is 2. The van der Waals surface area contributed by atoms with Crippen molar-refractivity contribution in [3.63, 3.8) is 0 Å². The van der Waals surface area contributed by atoms with Gasteiger partial charge in [0.05, 0.1) is 5.69 Å². The number of carboxylic acid groups (broad SMARTS) is 1. The first kappa shape index (κ1) is 10.2. The van der Waals surface area contributed by atoms with Gasteiger partial charge in [-0.05, 0) is 12.8 Å². The van der Waals surface area contributed by atoms with E-state index in [0.29, 0.717) is 4.88 Å². The lowest BCUT2D eigenvalue weighted by Crippen LogP contribution is -2.04. The highest BCUT2D eigenvalue weighted by atomic mass is 32.1. The monoisotopic (exact) mass is 224 g/mol. The first-order valence-corrected chi connectivity index (χ1v) is 5.54. The van der Waals surface area contributed by atoms with Crippen molar-refractivity contribution in [1.29, 1.82) is 0 Å². The van der Waals surface area contributed by atoms with E-state index in [1.807, 2.05) is 25.2 Å². The molecule has 80 valence electrons. The Kier molecular flexibility index (Phi) is 2.26. The zero-order chi connectivity index (χ0) is 11.2. The zero-order valence-corrected chi connectivity index (χ0v) is 9.63. The summed E-state index contributed by atoms with van der Waals surface area (Å²) in [5.41, 5.74) is 1.83. The smallest absolute Gasteiger partial charge is 0.347 e. The number of hydrogen-bond acceptors (Lipinski definition) is 3. The highest BCUT2D eigenvalue weighted by molar-refractivity contribution is 7.19. The number of nitrogens with zero attached hydrogens (tertiary/aromatic N) is 2. The molecule has 0 unspecified atom stereocenters. The molecule has 0 aromatic carbocycles. The van der Waals surface area contributed by atoms with Gasteiger partial charge in [-0.25, -0.2) is 9.78 Å². The van der Waals surface area contributed by atoms with Gasteiger partial charge in [-0.15, -0.1) is 0 Å². The van der Waals surface area contributed by atoms with E-state index in [-0.39, 0.29) is 5.92 Å². The Morgan fingerprint density at radius 3 is 2.80 bits per heavy atom. The fraction of sp³-hybridized carbons (Fsp3) is 0.400. The van der Waals surface area contributed by atoms with Crippen molar-refractivity contribution in [1.82, 2.24) is 9.38 Å². The van der Waals surface area contributed by atoms with Gasteiger partial charge in [0.2, 0.25) is 0 Å². The minimum atomic E-state index is -0.867. The average molecular weight is 224 g/mol. The summed E-state index contributed by atoms with van der Waals surface area (Å²) in [6.07, 6.45) is 1.77.